The Balaban J connectivity index is 2.11. The molecule has 5 heteroatoms. The standard InChI is InChI=1S/C18H28N2O3/c1-13(2)16-12-19(14-6-8-15(21)9-7-14)10-11-20(16)17(22)23-18(3,4)5/h6-9,13,16,21H,10-12H2,1-5H3/t16-/m1/s1. The van der Waals surface area contributed by atoms with Crippen LogP contribution in [0.5, 0.6) is 5.75 Å². The molecule has 2 rings (SSSR count). The lowest BCUT2D eigenvalue weighted by molar-refractivity contribution is 0.00883. The minimum absolute atomic E-state index is 0.104. The average Bonchev–Trinajstić information content (AvgIpc) is 2.45. The second-order valence-electron chi connectivity index (χ2n) is 7.45. The van der Waals surface area contributed by atoms with E-state index < -0.39 is 5.60 Å². The van der Waals surface area contributed by atoms with Gasteiger partial charge in [-0.1, -0.05) is 13.8 Å². The molecule has 1 aromatic rings. The molecular weight excluding hydrogens is 292 g/mol. The predicted octanol–water partition coefficient (Wildman–Crippen LogP) is 3.47. The summed E-state index contributed by atoms with van der Waals surface area (Å²) in [6, 6.07) is 7.32. The molecule has 0 aromatic heterocycles. The maximum Gasteiger partial charge on any atom is 0.410 e. The number of phenolic OH excluding ortho intramolecular Hbond substituents is 1. The van der Waals surface area contributed by atoms with Gasteiger partial charge in [-0.25, -0.2) is 4.79 Å². The monoisotopic (exact) mass is 320 g/mol. The van der Waals surface area contributed by atoms with Crippen molar-refractivity contribution in [1.82, 2.24) is 4.90 Å². The van der Waals surface area contributed by atoms with Crippen LogP contribution in [0.3, 0.4) is 0 Å². The summed E-state index contributed by atoms with van der Waals surface area (Å²) < 4.78 is 5.55. The van der Waals surface area contributed by atoms with Gasteiger partial charge < -0.3 is 19.6 Å². The third-order valence-corrected chi connectivity index (χ3v) is 4.03. The first-order chi connectivity index (χ1) is 10.7. The zero-order valence-electron chi connectivity index (χ0n) is 14.7. The minimum atomic E-state index is -0.479. The van der Waals surface area contributed by atoms with E-state index in [0.29, 0.717) is 12.5 Å². The molecule has 1 aliphatic heterocycles. The van der Waals surface area contributed by atoms with Crippen molar-refractivity contribution in [1.29, 1.82) is 0 Å². The number of carbonyl (C=O) groups excluding carboxylic acids is 1. The lowest BCUT2D eigenvalue weighted by atomic mass is 9.99. The number of amides is 1. The van der Waals surface area contributed by atoms with Gasteiger partial charge in [0.25, 0.3) is 0 Å². The molecule has 0 spiro atoms. The smallest absolute Gasteiger partial charge is 0.410 e. The van der Waals surface area contributed by atoms with E-state index in [0.717, 1.165) is 18.8 Å². The van der Waals surface area contributed by atoms with Crippen LogP contribution in [0.1, 0.15) is 34.6 Å². The van der Waals surface area contributed by atoms with Crippen LogP contribution in [0.25, 0.3) is 0 Å². The van der Waals surface area contributed by atoms with E-state index in [1.165, 1.54) is 0 Å². The largest absolute Gasteiger partial charge is 0.508 e. The van der Waals surface area contributed by atoms with Gasteiger partial charge in [-0.2, -0.15) is 0 Å². The van der Waals surface area contributed by atoms with Crippen molar-refractivity contribution in [2.24, 2.45) is 5.92 Å². The summed E-state index contributed by atoms with van der Waals surface area (Å²) in [5.41, 5.74) is 0.587. The first kappa shape index (κ1) is 17.4. The van der Waals surface area contributed by atoms with Gasteiger partial charge >= 0.3 is 6.09 Å². The molecule has 0 bridgehead atoms. The quantitative estimate of drug-likeness (QED) is 0.906. The molecule has 1 atom stereocenters. The third kappa shape index (κ3) is 4.53. The maximum atomic E-state index is 12.5. The Hall–Kier alpha value is -1.91. The number of ether oxygens (including phenoxy) is 1. The molecule has 5 nitrogen and oxygen atoms in total. The van der Waals surface area contributed by atoms with Gasteiger partial charge in [-0.3, -0.25) is 0 Å². The highest BCUT2D eigenvalue weighted by Crippen LogP contribution is 2.25. The summed E-state index contributed by atoms with van der Waals surface area (Å²) in [7, 11) is 0. The number of aromatic hydroxyl groups is 1. The third-order valence-electron chi connectivity index (χ3n) is 4.03. The highest BCUT2D eigenvalue weighted by molar-refractivity contribution is 5.69. The van der Waals surface area contributed by atoms with Crippen molar-refractivity contribution in [3.8, 4) is 5.75 Å². The van der Waals surface area contributed by atoms with E-state index in [4.69, 9.17) is 4.74 Å². The Kier molecular flexibility index (Phi) is 5.07. The minimum Gasteiger partial charge on any atom is -0.508 e. The van der Waals surface area contributed by atoms with Crippen LogP contribution in [0.2, 0.25) is 0 Å². The maximum absolute atomic E-state index is 12.5. The molecule has 1 fully saturated rings. The molecule has 1 heterocycles. The summed E-state index contributed by atoms with van der Waals surface area (Å²) >= 11 is 0. The molecule has 0 saturated carbocycles. The fraction of sp³-hybridized carbons (Fsp3) is 0.611. The van der Waals surface area contributed by atoms with E-state index in [9.17, 15) is 9.90 Å². The first-order valence-corrected chi connectivity index (χ1v) is 8.21. The number of rotatable bonds is 2. The van der Waals surface area contributed by atoms with Crippen LogP contribution in [0.15, 0.2) is 24.3 Å². The number of phenols is 1. The van der Waals surface area contributed by atoms with Crippen molar-refractivity contribution < 1.29 is 14.6 Å². The van der Waals surface area contributed by atoms with Crippen LogP contribution in [-0.4, -0.2) is 47.4 Å². The number of carbonyl (C=O) groups is 1. The number of anilines is 1. The van der Waals surface area contributed by atoms with E-state index in [1.807, 2.05) is 37.8 Å². The van der Waals surface area contributed by atoms with Crippen LogP contribution >= 0.6 is 0 Å². The second kappa shape index (κ2) is 6.69. The number of nitrogens with zero attached hydrogens (tertiary/aromatic N) is 2. The molecule has 1 aromatic carbocycles. The zero-order chi connectivity index (χ0) is 17.2. The number of benzene rings is 1. The summed E-state index contributed by atoms with van der Waals surface area (Å²) in [4.78, 5) is 16.6. The predicted molar refractivity (Wildman–Crippen MR) is 91.9 cm³/mol. The van der Waals surface area contributed by atoms with Crippen LogP contribution in [-0.2, 0) is 4.74 Å². The molecule has 23 heavy (non-hydrogen) atoms. The SMILES string of the molecule is CC(C)[C@H]1CN(c2ccc(O)cc2)CCN1C(=O)OC(C)(C)C. The molecule has 128 valence electrons. The van der Waals surface area contributed by atoms with Gasteiger partial charge in [-0.05, 0) is 51.0 Å². The van der Waals surface area contributed by atoms with Crippen molar-refractivity contribution in [2.45, 2.75) is 46.3 Å². The van der Waals surface area contributed by atoms with Gasteiger partial charge in [0.05, 0.1) is 6.04 Å². The molecule has 0 radical (unpaired) electrons. The van der Waals surface area contributed by atoms with Gasteiger partial charge in [0.2, 0.25) is 0 Å². The Morgan fingerprint density at radius 2 is 1.83 bits per heavy atom. The lowest BCUT2D eigenvalue weighted by Gasteiger charge is -2.44. The average molecular weight is 320 g/mol. The van der Waals surface area contributed by atoms with Crippen molar-refractivity contribution >= 4 is 11.8 Å². The van der Waals surface area contributed by atoms with Gasteiger partial charge in [-0.15, -0.1) is 0 Å². The normalized spacial score (nSPS) is 19.1. The molecule has 0 unspecified atom stereocenters. The molecule has 1 saturated heterocycles. The molecule has 0 aliphatic carbocycles. The molecule has 1 amide bonds. The topological polar surface area (TPSA) is 53.0 Å². The second-order valence-corrected chi connectivity index (χ2v) is 7.45. The fourth-order valence-electron chi connectivity index (χ4n) is 2.83. The fourth-order valence-corrected chi connectivity index (χ4v) is 2.83. The Labute approximate surface area is 138 Å². The number of piperazine rings is 1. The summed E-state index contributed by atoms with van der Waals surface area (Å²) in [5.74, 6) is 0.601. The number of hydrogen-bond acceptors (Lipinski definition) is 4. The van der Waals surface area contributed by atoms with Crippen LogP contribution in [0.4, 0.5) is 10.5 Å². The van der Waals surface area contributed by atoms with Crippen molar-refractivity contribution in [2.75, 3.05) is 24.5 Å². The van der Waals surface area contributed by atoms with E-state index >= 15 is 0 Å². The summed E-state index contributed by atoms with van der Waals surface area (Å²) in [6.07, 6.45) is -0.235. The number of hydrogen-bond donors (Lipinski definition) is 1. The Morgan fingerprint density at radius 1 is 1.22 bits per heavy atom. The Morgan fingerprint density at radius 3 is 2.35 bits per heavy atom. The van der Waals surface area contributed by atoms with Gasteiger partial charge in [0.1, 0.15) is 11.4 Å². The lowest BCUT2D eigenvalue weighted by Crippen LogP contribution is -2.58. The van der Waals surface area contributed by atoms with Gasteiger partial charge in [0.15, 0.2) is 0 Å². The van der Waals surface area contributed by atoms with E-state index in [-0.39, 0.29) is 17.9 Å². The molecular formula is C18H28N2O3. The Bertz CT molecular complexity index is 534. The van der Waals surface area contributed by atoms with Gasteiger partial charge in [0, 0.05) is 25.3 Å². The summed E-state index contributed by atoms with van der Waals surface area (Å²) in [5, 5.41) is 9.43. The zero-order valence-corrected chi connectivity index (χ0v) is 14.7. The first-order valence-electron chi connectivity index (χ1n) is 8.21. The van der Waals surface area contributed by atoms with Crippen molar-refractivity contribution in [3.05, 3.63) is 24.3 Å². The van der Waals surface area contributed by atoms with E-state index in [1.54, 1.807) is 12.1 Å². The molecule has 1 aliphatic rings. The highest BCUT2D eigenvalue weighted by Gasteiger charge is 2.35. The van der Waals surface area contributed by atoms with Crippen LogP contribution < -0.4 is 4.90 Å². The highest BCUT2D eigenvalue weighted by atomic mass is 16.6. The van der Waals surface area contributed by atoms with E-state index in [2.05, 4.69) is 18.7 Å². The van der Waals surface area contributed by atoms with Crippen LogP contribution in [0, 0.1) is 5.92 Å². The summed E-state index contributed by atoms with van der Waals surface area (Å²) in [6.45, 7) is 12.1. The van der Waals surface area contributed by atoms with Crippen molar-refractivity contribution in [3.63, 3.8) is 0 Å². The molecule has 1 N–H and O–H groups in total.